The highest BCUT2D eigenvalue weighted by molar-refractivity contribution is 6.30. The molecule has 0 saturated carbocycles. The van der Waals surface area contributed by atoms with Gasteiger partial charge in [-0.1, -0.05) is 23.7 Å². The van der Waals surface area contributed by atoms with Gasteiger partial charge in [0.2, 0.25) is 5.95 Å². The molecular weight excluding hydrogens is 292 g/mol. The van der Waals surface area contributed by atoms with Crippen LogP contribution in [0.1, 0.15) is 19.4 Å². The molecule has 0 spiro atoms. The lowest BCUT2D eigenvalue weighted by Gasteiger charge is -2.09. The molecule has 0 aliphatic rings. The highest BCUT2D eigenvalue weighted by Crippen LogP contribution is 2.15. The summed E-state index contributed by atoms with van der Waals surface area (Å²) in [5, 5.41) is 3.70. The molecule has 0 unspecified atom stereocenters. The van der Waals surface area contributed by atoms with E-state index in [0.717, 1.165) is 5.56 Å². The first-order valence-electron chi connectivity index (χ1n) is 6.71. The van der Waals surface area contributed by atoms with Gasteiger partial charge in [-0.3, -0.25) is 0 Å². The monoisotopic (exact) mass is 308 g/mol. The Kier molecular flexibility index (Phi) is 5.57. The van der Waals surface area contributed by atoms with Crippen molar-refractivity contribution < 1.29 is 9.47 Å². The van der Waals surface area contributed by atoms with Gasteiger partial charge in [-0.2, -0.15) is 9.97 Å². The Balaban J connectivity index is 2.08. The van der Waals surface area contributed by atoms with E-state index in [0.29, 0.717) is 30.7 Å². The number of nitrogens with one attached hydrogen (secondary N) is 1. The van der Waals surface area contributed by atoms with Crippen LogP contribution in [-0.2, 0) is 6.61 Å². The molecule has 21 heavy (non-hydrogen) atoms. The smallest absolute Gasteiger partial charge is 0.324 e. The molecule has 6 nitrogen and oxygen atoms in total. The van der Waals surface area contributed by atoms with Crippen molar-refractivity contribution in [2.45, 2.75) is 20.5 Å². The standard InChI is InChI=1S/C14H17ClN4O2/c1-3-16-12-17-13(20-4-2)19-14(18-12)21-9-10-5-7-11(15)8-6-10/h5-8H,3-4,9H2,1-2H3,(H,16,17,18,19). The first kappa shape index (κ1) is 15.3. The molecule has 0 atom stereocenters. The number of nitrogens with zero attached hydrogens (tertiary/aromatic N) is 3. The first-order valence-corrected chi connectivity index (χ1v) is 7.09. The Morgan fingerprint density at radius 3 is 2.29 bits per heavy atom. The van der Waals surface area contributed by atoms with E-state index in [1.807, 2.05) is 38.1 Å². The van der Waals surface area contributed by atoms with E-state index in [1.165, 1.54) is 0 Å². The molecule has 1 aromatic carbocycles. The molecule has 112 valence electrons. The lowest BCUT2D eigenvalue weighted by atomic mass is 10.2. The van der Waals surface area contributed by atoms with E-state index in [9.17, 15) is 0 Å². The van der Waals surface area contributed by atoms with E-state index in [-0.39, 0.29) is 12.0 Å². The number of benzene rings is 1. The molecule has 0 saturated heterocycles. The van der Waals surface area contributed by atoms with E-state index in [2.05, 4.69) is 20.3 Å². The Hall–Kier alpha value is -2.08. The summed E-state index contributed by atoms with van der Waals surface area (Å²) in [5.41, 5.74) is 0.975. The van der Waals surface area contributed by atoms with E-state index < -0.39 is 0 Å². The predicted molar refractivity (Wildman–Crippen MR) is 80.9 cm³/mol. The number of halogens is 1. The largest absolute Gasteiger partial charge is 0.464 e. The summed E-state index contributed by atoms with van der Waals surface area (Å²) < 4.78 is 10.9. The van der Waals surface area contributed by atoms with Gasteiger partial charge in [0.15, 0.2) is 0 Å². The van der Waals surface area contributed by atoms with Crippen LogP contribution in [-0.4, -0.2) is 28.1 Å². The summed E-state index contributed by atoms with van der Waals surface area (Å²) >= 11 is 5.84. The van der Waals surface area contributed by atoms with Gasteiger partial charge in [-0.25, -0.2) is 0 Å². The second-order valence-corrected chi connectivity index (χ2v) is 4.54. The summed E-state index contributed by atoms with van der Waals surface area (Å²) in [7, 11) is 0. The van der Waals surface area contributed by atoms with Crippen molar-refractivity contribution in [3.8, 4) is 12.0 Å². The Morgan fingerprint density at radius 2 is 1.67 bits per heavy atom. The highest BCUT2D eigenvalue weighted by Gasteiger charge is 2.08. The average molecular weight is 309 g/mol. The van der Waals surface area contributed by atoms with Crippen molar-refractivity contribution in [3.05, 3.63) is 34.9 Å². The van der Waals surface area contributed by atoms with Crippen molar-refractivity contribution in [2.75, 3.05) is 18.5 Å². The van der Waals surface area contributed by atoms with Gasteiger partial charge in [0.1, 0.15) is 6.61 Å². The van der Waals surface area contributed by atoms with Crippen LogP contribution in [0.5, 0.6) is 12.0 Å². The van der Waals surface area contributed by atoms with Crippen LogP contribution < -0.4 is 14.8 Å². The molecule has 0 bridgehead atoms. The number of hydrogen-bond acceptors (Lipinski definition) is 6. The maximum Gasteiger partial charge on any atom is 0.324 e. The lowest BCUT2D eigenvalue weighted by Crippen LogP contribution is -2.09. The molecular formula is C14H17ClN4O2. The molecule has 2 rings (SSSR count). The van der Waals surface area contributed by atoms with Crippen molar-refractivity contribution >= 4 is 17.5 Å². The van der Waals surface area contributed by atoms with Crippen LogP contribution in [0.2, 0.25) is 5.02 Å². The van der Waals surface area contributed by atoms with Crippen LogP contribution >= 0.6 is 11.6 Å². The van der Waals surface area contributed by atoms with Gasteiger partial charge in [-0.15, -0.1) is 4.98 Å². The quantitative estimate of drug-likeness (QED) is 0.848. The lowest BCUT2D eigenvalue weighted by molar-refractivity contribution is 0.261. The third-order valence-electron chi connectivity index (χ3n) is 2.48. The van der Waals surface area contributed by atoms with Gasteiger partial charge in [0.25, 0.3) is 0 Å². The Bertz CT molecular complexity index is 553. The number of hydrogen-bond donors (Lipinski definition) is 1. The zero-order chi connectivity index (χ0) is 15.1. The fraction of sp³-hybridized carbons (Fsp3) is 0.357. The van der Waals surface area contributed by atoms with Crippen molar-refractivity contribution in [3.63, 3.8) is 0 Å². The summed E-state index contributed by atoms with van der Waals surface area (Å²) in [6, 6.07) is 7.86. The van der Waals surface area contributed by atoms with Crippen molar-refractivity contribution in [2.24, 2.45) is 0 Å². The second kappa shape index (κ2) is 7.64. The average Bonchev–Trinajstić information content (AvgIpc) is 2.47. The van der Waals surface area contributed by atoms with Crippen LogP contribution in [0, 0.1) is 0 Å². The second-order valence-electron chi connectivity index (χ2n) is 4.10. The zero-order valence-corrected chi connectivity index (χ0v) is 12.7. The Morgan fingerprint density at radius 1 is 1.00 bits per heavy atom. The third-order valence-corrected chi connectivity index (χ3v) is 2.74. The molecule has 0 fully saturated rings. The summed E-state index contributed by atoms with van der Waals surface area (Å²) in [5.74, 6) is 0.432. The normalized spacial score (nSPS) is 10.2. The minimum atomic E-state index is 0.222. The van der Waals surface area contributed by atoms with Gasteiger partial charge in [-0.05, 0) is 31.5 Å². The molecule has 1 aromatic heterocycles. The Labute approximate surface area is 128 Å². The number of ether oxygens (including phenoxy) is 2. The molecule has 1 N–H and O–H groups in total. The minimum absolute atomic E-state index is 0.222. The summed E-state index contributed by atoms with van der Waals surface area (Å²) in [6.45, 7) is 5.35. The van der Waals surface area contributed by atoms with E-state index >= 15 is 0 Å². The van der Waals surface area contributed by atoms with Crippen molar-refractivity contribution in [1.29, 1.82) is 0 Å². The summed E-state index contributed by atoms with van der Waals surface area (Å²) in [4.78, 5) is 12.4. The number of anilines is 1. The first-order chi connectivity index (χ1) is 10.2. The fourth-order valence-electron chi connectivity index (χ4n) is 1.56. The van der Waals surface area contributed by atoms with Gasteiger partial charge in [0, 0.05) is 11.6 Å². The number of rotatable bonds is 7. The third kappa shape index (κ3) is 4.75. The van der Waals surface area contributed by atoms with Gasteiger partial charge < -0.3 is 14.8 Å². The molecule has 0 radical (unpaired) electrons. The predicted octanol–water partition coefficient (Wildman–Crippen LogP) is 2.93. The maximum atomic E-state index is 5.84. The minimum Gasteiger partial charge on any atom is -0.464 e. The van der Waals surface area contributed by atoms with Crippen LogP contribution in [0.25, 0.3) is 0 Å². The van der Waals surface area contributed by atoms with Gasteiger partial charge >= 0.3 is 12.0 Å². The SMILES string of the molecule is CCNc1nc(OCC)nc(OCc2ccc(Cl)cc2)n1. The van der Waals surface area contributed by atoms with Crippen LogP contribution in [0.15, 0.2) is 24.3 Å². The summed E-state index contributed by atoms with van der Waals surface area (Å²) in [6.07, 6.45) is 0. The topological polar surface area (TPSA) is 69.2 Å². The van der Waals surface area contributed by atoms with Crippen LogP contribution in [0.3, 0.4) is 0 Å². The zero-order valence-electron chi connectivity index (χ0n) is 12.0. The number of aromatic nitrogens is 3. The van der Waals surface area contributed by atoms with E-state index in [4.69, 9.17) is 21.1 Å². The molecule has 2 aromatic rings. The molecule has 0 amide bonds. The molecule has 0 aliphatic heterocycles. The highest BCUT2D eigenvalue weighted by atomic mass is 35.5. The molecule has 1 heterocycles. The fourth-order valence-corrected chi connectivity index (χ4v) is 1.69. The van der Waals surface area contributed by atoms with E-state index in [1.54, 1.807) is 0 Å². The maximum absolute atomic E-state index is 5.84. The van der Waals surface area contributed by atoms with Crippen molar-refractivity contribution in [1.82, 2.24) is 15.0 Å². The molecule has 7 heteroatoms. The molecule has 0 aliphatic carbocycles. The van der Waals surface area contributed by atoms with Crippen LogP contribution in [0.4, 0.5) is 5.95 Å². The van der Waals surface area contributed by atoms with Gasteiger partial charge in [0.05, 0.1) is 6.61 Å².